The topological polar surface area (TPSA) is 117 Å². The number of benzene rings is 2. The molecule has 0 atom stereocenters. The van der Waals surface area contributed by atoms with Crippen LogP contribution in [0.4, 0.5) is 17.3 Å². The summed E-state index contributed by atoms with van der Waals surface area (Å²) in [4.78, 5) is 26.4. The highest BCUT2D eigenvalue weighted by molar-refractivity contribution is 5.78. The Hall–Kier alpha value is -4.14. The van der Waals surface area contributed by atoms with E-state index in [1.165, 1.54) is 4.57 Å². The predicted molar refractivity (Wildman–Crippen MR) is 120 cm³/mol. The number of hydrogen-bond acceptors (Lipinski definition) is 8. The highest BCUT2D eigenvalue weighted by Gasteiger charge is 2.15. The smallest absolute Gasteiger partial charge is 0.278 e. The first-order chi connectivity index (χ1) is 14.9. The molecule has 4 aromatic rings. The number of nitrogens with one attached hydrogen (secondary N) is 1. The molecule has 9 nitrogen and oxygen atoms in total. The fraction of sp³-hybridized carbons (Fsp3) is 0.182. The van der Waals surface area contributed by atoms with Crippen molar-refractivity contribution in [2.75, 3.05) is 25.3 Å². The number of nitrogen functional groups attached to an aromatic ring is 1. The largest absolute Gasteiger partial charge is 0.497 e. The number of para-hydroxylation sites is 1. The average Bonchev–Trinajstić information content (AvgIpc) is 2.78. The molecule has 2 heterocycles. The first-order valence-corrected chi connectivity index (χ1v) is 9.50. The Labute approximate surface area is 178 Å². The SMILES string of the molecule is COc1cc(OC)cc(-c2nc3cnc(Nc4c(C)cccc4N)nc3n(C)c2=O)c1. The lowest BCUT2D eigenvalue weighted by molar-refractivity contribution is 0.394. The van der Waals surface area contributed by atoms with Gasteiger partial charge in [0.15, 0.2) is 5.65 Å². The number of aryl methyl sites for hydroxylation is 2. The average molecular weight is 418 g/mol. The highest BCUT2D eigenvalue weighted by Crippen LogP contribution is 2.29. The molecular weight excluding hydrogens is 396 g/mol. The second-order valence-electron chi connectivity index (χ2n) is 6.99. The van der Waals surface area contributed by atoms with Gasteiger partial charge in [-0.05, 0) is 30.7 Å². The fourth-order valence-corrected chi connectivity index (χ4v) is 3.28. The van der Waals surface area contributed by atoms with Crippen molar-refractivity contribution in [3.63, 3.8) is 0 Å². The van der Waals surface area contributed by atoms with E-state index in [-0.39, 0.29) is 11.3 Å². The van der Waals surface area contributed by atoms with Gasteiger partial charge in [-0.1, -0.05) is 12.1 Å². The van der Waals surface area contributed by atoms with Crippen LogP contribution in [-0.2, 0) is 7.05 Å². The Bertz CT molecular complexity index is 1310. The minimum absolute atomic E-state index is 0.250. The monoisotopic (exact) mass is 418 g/mol. The van der Waals surface area contributed by atoms with Crippen LogP contribution in [0.3, 0.4) is 0 Å². The van der Waals surface area contributed by atoms with Crippen molar-refractivity contribution in [1.29, 1.82) is 0 Å². The van der Waals surface area contributed by atoms with Crippen LogP contribution >= 0.6 is 0 Å². The lowest BCUT2D eigenvalue weighted by Gasteiger charge is -2.13. The molecule has 0 saturated heterocycles. The Morgan fingerprint density at radius 1 is 1.06 bits per heavy atom. The third-order valence-electron chi connectivity index (χ3n) is 4.97. The predicted octanol–water partition coefficient (Wildman–Crippen LogP) is 3.04. The van der Waals surface area contributed by atoms with E-state index >= 15 is 0 Å². The molecule has 31 heavy (non-hydrogen) atoms. The number of rotatable bonds is 5. The first kappa shape index (κ1) is 20.1. The van der Waals surface area contributed by atoms with Gasteiger partial charge in [0.25, 0.3) is 5.56 Å². The van der Waals surface area contributed by atoms with Gasteiger partial charge < -0.3 is 20.5 Å². The summed E-state index contributed by atoms with van der Waals surface area (Å²) in [6, 6.07) is 10.8. The normalized spacial score (nSPS) is 10.8. The molecule has 0 saturated carbocycles. The Kier molecular flexibility index (Phi) is 5.16. The molecule has 0 bridgehead atoms. The maximum absolute atomic E-state index is 13.1. The van der Waals surface area contributed by atoms with Gasteiger partial charge in [0.2, 0.25) is 5.95 Å². The van der Waals surface area contributed by atoms with Crippen LogP contribution in [0.25, 0.3) is 22.4 Å². The lowest BCUT2D eigenvalue weighted by Crippen LogP contribution is -2.22. The second-order valence-corrected chi connectivity index (χ2v) is 6.99. The van der Waals surface area contributed by atoms with E-state index in [9.17, 15) is 4.79 Å². The summed E-state index contributed by atoms with van der Waals surface area (Å²) < 4.78 is 12.1. The summed E-state index contributed by atoms with van der Waals surface area (Å²) in [6.07, 6.45) is 1.57. The van der Waals surface area contributed by atoms with Crippen LogP contribution < -0.4 is 26.1 Å². The number of aromatic nitrogens is 4. The van der Waals surface area contributed by atoms with Gasteiger partial charge in [0.05, 0.1) is 31.8 Å². The van der Waals surface area contributed by atoms with E-state index in [2.05, 4.69) is 20.3 Å². The number of nitrogens with two attached hydrogens (primary N) is 1. The summed E-state index contributed by atoms with van der Waals surface area (Å²) in [5.74, 6) is 1.44. The van der Waals surface area contributed by atoms with Crippen molar-refractivity contribution in [3.8, 4) is 22.8 Å². The van der Waals surface area contributed by atoms with Crippen LogP contribution in [0.15, 0.2) is 47.4 Å². The lowest BCUT2D eigenvalue weighted by atomic mass is 10.1. The van der Waals surface area contributed by atoms with Crippen LogP contribution in [0.5, 0.6) is 11.5 Å². The Morgan fingerprint density at radius 3 is 2.42 bits per heavy atom. The van der Waals surface area contributed by atoms with Crippen molar-refractivity contribution in [2.24, 2.45) is 7.05 Å². The van der Waals surface area contributed by atoms with Crippen molar-refractivity contribution in [3.05, 3.63) is 58.5 Å². The maximum Gasteiger partial charge on any atom is 0.278 e. The molecule has 0 amide bonds. The minimum atomic E-state index is -0.303. The van der Waals surface area contributed by atoms with Crippen molar-refractivity contribution >= 4 is 28.5 Å². The van der Waals surface area contributed by atoms with E-state index < -0.39 is 0 Å². The van der Waals surface area contributed by atoms with E-state index in [4.69, 9.17) is 15.2 Å². The van der Waals surface area contributed by atoms with Crippen LogP contribution in [0.1, 0.15) is 5.56 Å². The number of anilines is 3. The molecule has 158 valence electrons. The molecule has 0 unspecified atom stereocenters. The zero-order chi connectivity index (χ0) is 22.1. The number of fused-ring (bicyclic) bond motifs is 1. The molecule has 9 heteroatoms. The molecule has 0 spiro atoms. The van der Waals surface area contributed by atoms with Crippen molar-refractivity contribution < 1.29 is 9.47 Å². The number of methoxy groups -OCH3 is 2. The molecule has 0 aliphatic heterocycles. The van der Waals surface area contributed by atoms with E-state index in [1.54, 1.807) is 51.7 Å². The molecule has 2 aromatic heterocycles. The summed E-state index contributed by atoms with van der Waals surface area (Å²) >= 11 is 0. The molecular formula is C22H22N6O3. The molecule has 0 aliphatic rings. The van der Waals surface area contributed by atoms with Gasteiger partial charge in [-0.15, -0.1) is 0 Å². The highest BCUT2D eigenvalue weighted by atomic mass is 16.5. The van der Waals surface area contributed by atoms with E-state index in [0.717, 1.165) is 11.3 Å². The van der Waals surface area contributed by atoms with Gasteiger partial charge >= 0.3 is 0 Å². The summed E-state index contributed by atoms with van der Waals surface area (Å²) in [5.41, 5.74) is 9.72. The molecule has 2 aromatic carbocycles. The zero-order valence-corrected chi connectivity index (χ0v) is 17.6. The van der Waals surface area contributed by atoms with Gasteiger partial charge in [-0.2, -0.15) is 4.98 Å². The summed E-state index contributed by atoms with van der Waals surface area (Å²) in [7, 11) is 4.74. The maximum atomic E-state index is 13.1. The fourth-order valence-electron chi connectivity index (χ4n) is 3.28. The Balaban J connectivity index is 1.82. The van der Waals surface area contributed by atoms with Crippen LogP contribution in [0, 0.1) is 6.92 Å². The third kappa shape index (κ3) is 3.73. The Morgan fingerprint density at radius 2 is 1.77 bits per heavy atom. The number of nitrogens with zero attached hydrogens (tertiary/aromatic N) is 4. The standard InChI is InChI=1S/C22H22N6O3/c1-12-6-5-7-16(23)18(12)26-22-24-11-17-20(27-22)28(2)21(29)19(25-17)13-8-14(30-3)10-15(9-13)31-4/h5-11H,23H2,1-4H3,(H,24,26,27). The summed E-state index contributed by atoms with van der Waals surface area (Å²) in [5, 5.41) is 3.13. The van der Waals surface area contributed by atoms with Gasteiger partial charge in [-0.3, -0.25) is 9.36 Å². The van der Waals surface area contributed by atoms with Gasteiger partial charge in [0.1, 0.15) is 22.7 Å². The summed E-state index contributed by atoms with van der Waals surface area (Å²) in [6.45, 7) is 1.94. The van der Waals surface area contributed by atoms with Crippen LogP contribution in [-0.4, -0.2) is 33.7 Å². The van der Waals surface area contributed by atoms with Gasteiger partial charge in [0, 0.05) is 18.7 Å². The third-order valence-corrected chi connectivity index (χ3v) is 4.97. The first-order valence-electron chi connectivity index (χ1n) is 9.50. The quantitative estimate of drug-likeness (QED) is 0.475. The van der Waals surface area contributed by atoms with Crippen molar-refractivity contribution in [1.82, 2.24) is 19.5 Å². The van der Waals surface area contributed by atoms with E-state index in [0.29, 0.717) is 39.9 Å². The molecule has 0 radical (unpaired) electrons. The number of ether oxygens (including phenoxy) is 2. The second kappa shape index (κ2) is 7.94. The van der Waals surface area contributed by atoms with E-state index in [1.807, 2.05) is 19.1 Å². The molecule has 0 fully saturated rings. The minimum Gasteiger partial charge on any atom is -0.497 e. The van der Waals surface area contributed by atoms with Gasteiger partial charge in [-0.25, -0.2) is 9.97 Å². The zero-order valence-electron chi connectivity index (χ0n) is 17.6. The van der Waals surface area contributed by atoms with Crippen LogP contribution in [0.2, 0.25) is 0 Å². The molecule has 4 rings (SSSR count). The van der Waals surface area contributed by atoms with Crippen molar-refractivity contribution in [2.45, 2.75) is 6.92 Å². The molecule has 3 N–H and O–H groups in total. The molecule has 0 aliphatic carbocycles. The number of hydrogen-bond donors (Lipinski definition) is 2.